The third kappa shape index (κ3) is 7.12. The number of hydrogen-bond acceptors (Lipinski definition) is 7. The second-order valence-corrected chi connectivity index (χ2v) is 11.5. The summed E-state index contributed by atoms with van der Waals surface area (Å²) in [6.07, 6.45) is 1.70. The number of pyridine rings is 1. The molecule has 3 aromatic rings. The number of methoxy groups -OCH3 is 1. The van der Waals surface area contributed by atoms with Gasteiger partial charge in [-0.1, -0.05) is 6.07 Å². The van der Waals surface area contributed by atoms with Crippen molar-refractivity contribution in [3.8, 4) is 11.8 Å². The van der Waals surface area contributed by atoms with E-state index in [2.05, 4.69) is 16.4 Å². The quantitative estimate of drug-likeness (QED) is 0.384. The van der Waals surface area contributed by atoms with Gasteiger partial charge in [-0.05, 0) is 85.8 Å². The maximum atomic E-state index is 15.1. The summed E-state index contributed by atoms with van der Waals surface area (Å²) in [4.78, 5) is 46.8. The number of Topliss-reactive ketones (excluding diaryl/α,β-unsaturated/α-hetero) is 1. The Morgan fingerprint density at radius 1 is 1.02 bits per heavy atom. The summed E-state index contributed by atoms with van der Waals surface area (Å²) >= 11 is 0. The van der Waals surface area contributed by atoms with Crippen LogP contribution in [0.25, 0.3) is 0 Å². The number of carbonyl (C=O) groups is 3. The number of carbonyl (C=O) groups excluding carboxylic acids is 3. The highest BCUT2D eigenvalue weighted by Gasteiger charge is 2.32. The van der Waals surface area contributed by atoms with E-state index in [9.17, 15) is 14.4 Å². The molecule has 0 bridgehead atoms. The SMILES string of the molecule is COc1ccc(C(=O)C2CCN(C(=O)c3ccc(C(=O)N[C@@H]4CCN(Cc5ccc(C#N)cc5C)C[C@H]4F)cn3)CC2)cc1. The molecule has 2 amide bonds. The first kappa shape index (κ1) is 30.8. The number of benzene rings is 2. The van der Waals surface area contributed by atoms with Crippen molar-refractivity contribution in [2.45, 2.75) is 44.9 Å². The van der Waals surface area contributed by atoms with Crippen LogP contribution in [0.2, 0.25) is 0 Å². The van der Waals surface area contributed by atoms with Crippen LogP contribution in [-0.4, -0.2) is 77.9 Å². The highest BCUT2D eigenvalue weighted by molar-refractivity contribution is 5.99. The summed E-state index contributed by atoms with van der Waals surface area (Å²) in [5.41, 5.74) is 3.75. The van der Waals surface area contributed by atoms with E-state index in [4.69, 9.17) is 10.00 Å². The topological polar surface area (TPSA) is 116 Å². The van der Waals surface area contributed by atoms with Crippen molar-refractivity contribution < 1.29 is 23.5 Å². The lowest BCUT2D eigenvalue weighted by Gasteiger charge is -2.35. The Kier molecular flexibility index (Phi) is 9.65. The van der Waals surface area contributed by atoms with Crippen molar-refractivity contribution in [1.29, 1.82) is 5.26 Å². The molecule has 2 aliphatic heterocycles. The average molecular weight is 598 g/mol. The molecule has 228 valence electrons. The number of ketones is 1. The molecular weight excluding hydrogens is 561 g/mol. The molecule has 2 aromatic carbocycles. The van der Waals surface area contributed by atoms with E-state index in [0.29, 0.717) is 62.3 Å². The number of nitriles is 1. The average Bonchev–Trinajstić information content (AvgIpc) is 3.06. The zero-order valence-electron chi connectivity index (χ0n) is 25.0. The first-order valence-electron chi connectivity index (χ1n) is 14.9. The van der Waals surface area contributed by atoms with Gasteiger partial charge in [-0.15, -0.1) is 0 Å². The molecule has 2 saturated heterocycles. The number of amides is 2. The lowest BCUT2D eigenvalue weighted by atomic mass is 9.88. The molecule has 5 rings (SSSR count). The minimum absolute atomic E-state index is 0.0656. The van der Waals surface area contributed by atoms with E-state index < -0.39 is 18.1 Å². The number of nitrogens with zero attached hydrogens (tertiary/aromatic N) is 4. The monoisotopic (exact) mass is 597 g/mol. The van der Waals surface area contributed by atoms with E-state index in [-0.39, 0.29) is 35.4 Å². The molecule has 0 saturated carbocycles. The molecule has 0 aliphatic carbocycles. The smallest absolute Gasteiger partial charge is 0.272 e. The molecule has 9 nitrogen and oxygen atoms in total. The Morgan fingerprint density at radius 2 is 1.75 bits per heavy atom. The largest absolute Gasteiger partial charge is 0.497 e. The van der Waals surface area contributed by atoms with Gasteiger partial charge >= 0.3 is 0 Å². The predicted molar refractivity (Wildman–Crippen MR) is 162 cm³/mol. The molecule has 1 aromatic heterocycles. The van der Waals surface area contributed by atoms with Gasteiger partial charge in [0, 0.05) is 50.4 Å². The highest BCUT2D eigenvalue weighted by atomic mass is 19.1. The molecule has 2 aliphatic rings. The van der Waals surface area contributed by atoms with E-state index in [1.807, 2.05) is 24.0 Å². The van der Waals surface area contributed by atoms with Gasteiger partial charge in [0.05, 0.1) is 30.3 Å². The Labute approximate surface area is 256 Å². The normalized spacial score (nSPS) is 19.2. The molecule has 0 spiro atoms. The number of alkyl halides is 1. The van der Waals surface area contributed by atoms with Crippen molar-refractivity contribution in [1.82, 2.24) is 20.1 Å². The van der Waals surface area contributed by atoms with Crippen LogP contribution in [0.1, 0.15) is 67.2 Å². The van der Waals surface area contributed by atoms with Gasteiger partial charge in [0.15, 0.2) is 5.78 Å². The van der Waals surface area contributed by atoms with E-state index in [1.165, 1.54) is 18.3 Å². The van der Waals surface area contributed by atoms with Crippen LogP contribution in [0, 0.1) is 24.2 Å². The van der Waals surface area contributed by atoms with Gasteiger partial charge in [0.1, 0.15) is 17.6 Å². The zero-order chi connectivity index (χ0) is 31.2. The molecule has 10 heteroatoms. The third-order valence-corrected chi connectivity index (χ3v) is 8.58. The molecule has 0 radical (unpaired) electrons. The summed E-state index contributed by atoms with van der Waals surface area (Å²) in [6.45, 7) is 4.22. The van der Waals surface area contributed by atoms with Crippen LogP contribution in [0.4, 0.5) is 4.39 Å². The fourth-order valence-electron chi connectivity index (χ4n) is 5.86. The fraction of sp³-hybridized carbons (Fsp3) is 0.382. The zero-order valence-corrected chi connectivity index (χ0v) is 25.0. The number of hydrogen-bond donors (Lipinski definition) is 1. The Bertz CT molecular complexity index is 1550. The molecule has 2 atom stereocenters. The number of nitrogens with one attached hydrogen (secondary N) is 1. The molecular formula is C34H36FN5O4. The van der Waals surface area contributed by atoms with Gasteiger partial charge in [-0.3, -0.25) is 24.3 Å². The number of aromatic nitrogens is 1. The van der Waals surface area contributed by atoms with Crippen LogP contribution in [0.5, 0.6) is 5.75 Å². The van der Waals surface area contributed by atoms with Gasteiger partial charge in [-0.25, -0.2) is 4.39 Å². The van der Waals surface area contributed by atoms with Crippen LogP contribution in [-0.2, 0) is 6.54 Å². The first-order valence-corrected chi connectivity index (χ1v) is 14.9. The summed E-state index contributed by atoms with van der Waals surface area (Å²) in [7, 11) is 1.58. The Morgan fingerprint density at radius 3 is 2.36 bits per heavy atom. The van der Waals surface area contributed by atoms with Crippen LogP contribution < -0.4 is 10.1 Å². The van der Waals surface area contributed by atoms with Gasteiger partial charge in [0.25, 0.3) is 11.8 Å². The number of ether oxygens (including phenoxy) is 1. The highest BCUT2D eigenvalue weighted by Crippen LogP contribution is 2.24. The van der Waals surface area contributed by atoms with Crippen molar-refractivity contribution in [3.05, 3.63) is 94.3 Å². The molecule has 1 N–H and O–H groups in total. The van der Waals surface area contributed by atoms with E-state index in [1.54, 1.807) is 42.3 Å². The summed E-state index contributed by atoms with van der Waals surface area (Å²) < 4.78 is 20.2. The molecule has 0 unspecified atom stereocenters. The number of likely N-dealkylation sites (tertiary alicyclic amines) is 2. The third-order valence-electron chi connectivity index (χ3n) is 8.58. The van der Waals surface area contributed by atoms with Crippen molar-refractivity contribution in [3.63, 3.8) is 0 Å². The van der Waals surface area contributed by atoms with Crippen molar-refractivity contribution in [2.75, 3.05) is 33.3 Å². The maximum absolute atomic E-state index is 15.1. The predicted octanol–water partition coefficient (Wildman–Crippen LogP) is 4.35. The summed E-state index contributed by atoms with van der Waals surface area (Å²) in [6, 6.07) is 17.1. The number of piperidine rings is 2. The number of rotatable bonds is 8. The van der Waals surface area contributed by atoms with Crippen molar-refractivity contribution in [2.24, 2.45) is 5.92 Å². The number of aryl methyl sites for hydroxylation is 1. The second-order valence-electron chi connectivity index (χ2n) is 11.5. The van der Waals surface area contributed by atoms with E-state index >= 15 is 4.39 Å². The van der Waals surface area contributed by atoms with Crippen LogP contribution >= 0.6 is 0 Å². The maximum Gasteiger partial charge on any atom is 0.272 e. The van der Waals surface area contributed by atoms with Gasteiger partial charge in [-0.2, -0.15) is 5.26 Å². The number of halogens is 1. The molecule has 44 heavy (non-hydrogen) atoms. The minimum Gasteiger partial charge on any atom is -0.497 e. The Hall–Kier alpha value is -4.62. The Balaban J connectivity index is 1.09. The standard InChI is InChI=1S/C34H36FN5O4/c1-22-17-23(18-36)3-4-27(22)20-39-14-13-30(29(35)21-39)38-33(42)26-7-10-31(37-19-26)34(43)40-15-11-25(12-16-40)32(41)24-5-8-28(44-2)9-6-24/h3-10,17,19,25,29-30H,11-16,20-21H2,1-2H3,(H,38,42)/t29-,30-/m1/s1. The van der Waals surface area contributed by atoms with Crippen LogP contribution in [0.15, 0.2) is 60.8 Å². The second kappa shape index (κ2) is 13.8. The molecule has 2 fully saturated rings. The summed E-state index contributed by atoms with van der Waals surface area (Å²) in [5, 5.41) is 11.9. The lowest BCUT2D eigenvalue weighted by molar-refractivity contribution is 0.0645. The minimum atomic E-state index is -1.24. The van der Waals surface area contributed by atoms with Crippen molar-refractivity contribution >= 4 is 17.6 Å². The summed E-state index contributed by atoms with van der Waals surface area (Å²) in [5.74, 6) is -0.0784. The van der Waals surface area contributed by atoms with Gasteiger partial charge < -0.3 is 15.0 Å². The molecule has 3 heterocycles. The van der Waals surface area contributed by atoms with Gasteiger partial charge in [0.2, 0.25) is 0 Å². The fourth-order valence-corrected chi connectivity index (χ4v) is 5.86. The first-order chi connectivity index (χ1) is 21.2. The van der Waals surface area contributed by atoms with E-state index in [0.717, 1.165) is 11.1 Å². The van der Waals surface area contributed by atoms with Crippen LogP contribution in [0.3, 0.4) is 0 Å². The lowest BCUT2D eigenvalue weighted by Crippen LogP contribution is -2.52.